The fourth-order valence-corrected chi connectivity index (χ4v) is 4.15. The fraction of sp³-hybridized carbons (Fsp3) is 0.148. The molecule has 0 bridgehead atoms. The van der Waals surface area contributed by atoms with Gasteiger partial charge >= 0.3 is 6.03 Å². The van der Waals surface area contributed by atoms with E-state index in [0.29, 0.717) is 38.4 Å². The zero-order valence-electron chi connectivity index (χ0n) is 19.7. The molecule has 1 saturated heterocycles. The number of aryl methyl sites for hydroxylation is 1. The normalized spacial score (nSPS) is 14.8. The van der Waals surface area contributed by atoms with Gasteiger partial charge in [0.05, 0.1) is 12.8 Å². The van der Waals surface area contributed by atoms with Crippen LogP contribution >= 0.6 is 23.2 Å². The second-order valence-electron chi connectivity index (χ2n) is 8.11. The second-order valence-corrected chi connectivity index (χ2v) is 8.95. The van der Waals surface area contributed by atoms with Gasteiger partial charge in [0.1, 0.15) is 23.7 Å². The van der Waals surface area contributed by atoms with Gasteiger partial charge in [-0.25, -0.2) is 9.69 Å². The number of methoxy groups -OCH3 is 1. The number of carbonyl (C=O) groups is 3. The quantitative estimate of drug-likeness (QED) is 0.322. The highest BCUT2D eigenvalue weighted by molar-refractivity contribution is 6.39. The molecule has 0 saturated carbocycles. The summed E-state index contributed by atoms with van der Waals surface area (Å²) < 4.78 is 11.3. The molecule has 1 aliphatic rings. The van der Waals surface area contributed by atoms with Crippen molar-refractivity contribution in [3.63, 3.8) is 0 Å². The molecule has 184 valence electrons. The zero-order chi connectivity index (χ0) is 26.0. The number of urea groups is 1. The Morgan fingerprint density at radius 1 is 1.00 bits per heavy atom. The molecule has 4 rings (SSSR count). The number of imide groups is 2. The highest BCUT2D eigenvalue weighted by Crippen LogP contribution is 2.31. The third-order valence-electron chi connectivity index (χ3n) is 5.84. The summed E-state index contributed by atoms with van der Waals surface area (Å²) in [7, 11) is 1.51. The van der Waals surface area contributed by atoms with Crippen molar-refractivity contribution in [2.24, 2.45) is 0 Å². The van der Waals surface area contributed by atoms with E-state index in [1.165, 1.54) is 13.2 Å². The minimum absolute atomic E-state index is 0.104. The van der Waals surface area contributed by atoms with Gasteiger partial charge in [-0.15, -0.1) is 0 Å². The molecule has 1 fully saturated rings. The van der Waals surface area contributed by atoms with Gasteiger partial charge in [-0.3, -0.25) is 14.9 Å². The molecule has 7 nitrogen and oxygen atoms in total. The number of amides is 4. The maximum Gasteiger partial charge on any atom is 0.335 e. The van der Waals surface area contributed by atoms with Crippen molar-refractivity contribution >= 4 is 52.8 Å². The van der Waals surface area contributed by atoms with Crippen LogP contribution in [0.4, 0.5) is 10.5 Å². The third kappa shape index (κ3) is 5.08. The van der Waals surface area contributed by atoms with Crippen LogP contribution in [0.5, 0.6) is 11.5 Å². The minimum atomic E-state index is -0.806. The largest absolute Gasteiger partial charge is 0.497 e. The Morgan fingerprint density at radius 3 is 2.50 bits per heavy atom. The molecule has 4 amide bonds. The summed E-state index contributed by atoms with van der Waals surface area (Å²) in [6, 6.07) is 14.5. The Hall–Kier alpha value is -3.81. The van der Waals surface area contributed by atoms with E-state index in [1.54, 1.807) is 48.5 Å². The van der Waals surface area contributed by atoms with Crippen LogP contribution in [0.2, 0.25) is 10.0 Å². The molecule has 0 radical (unpaired) electrons. The number of rotatable bonds is 6. The van der Waals surface area contributed by atoms with Crippen LogP contribution in [-0.4, -0.2) is 25.0 Å². The molecule has 0 unspecified atom stereocenters. The predicted octanol–water partition coefficient (Wildman–Crippen LogP) is 5.86. The number of nitrogens with one attached hydrogen (secondary N) is 1. The van der Waals surface area contributed by atoms with Crippen molar-refractivity contribution in [3.8, 4) is 11.5 Å². The lowest BCUT2D eigenvalue weighted by Gasteiger charge is -2.28. The lowest BCUT2D eigenvalue weighted by Crippen LogP contribution is -2.54. The second kappa shape index (κ2) is 10.4. The molecular weight excluding hydrogens is 503 g/mol. The van der Waals surface area contributed by atoms with Crippen LogP contribution < -0.4 is 19.7 Å². The average Bonchev–Trinajstić information content (AvgIpc) is 2.84. The first-order valence-electron chi connectivity index (χ1n) is 10.9. The number of barbiturate groups is 1. The van der Waals surface area contributed by atoms with E-state index in [0.717, 1.165) is 16.0 Å². The fourth-order valence-electron chi connectivity index (χ4n) is 3.69. The summed E-state index contributed by atoms with van der Waals surface area (Å²) in [5.74, 6) is -0.668. The molecule has 3 aromatic carbocycles. The van der Waals surface area contributed by atoms with E-state index >= 15 is 0 Å². The molecule has 0 aromatic heterocycles. The van der Waals surface area contributed by atoms with Crippen LogP contribution in [0.3, 0.4) is 0 Å². The van der Waals surface area contributed by atoms with Gasteiger partial charge in [0, 0.05) is 27.2 Å². The van der Waals surface area contributed by atoms with Gasteiger partial charge in [0.15, 0.2) is 0 Å². The van der Waals surface area contributed by atoms with Crippen LogP contribution in [0.1, 0.15) is 22.3 Å². The van der Waals surface area contributed by atoms with Crippen molar-refractivity contribution in [1.29, 1.82) is 0 Å². The van der Waals surface area contributed by atoms with Gasteiger partial charge in [0.25, 0.3) is 11.8 Å². The molecule has 1 aliphatic heterocycles. The maximum atomic E-state index is 13.4. The van der Waals surface area contributed by atoms with Gasteiger partial charge in [-0.2, -0.15) is 0 Å². The smallest absolute Gasteiger partial charge is 0.335 e. The standard InChI is InChI=1S/C27H22Cl2N2O5/c1-15-5-4-6-23(16(15)2)31-26(33)21(25(32)30-27(31)34)11-17-8-10-20(35-3)13-24(17)36-14-18-7-9-19(28)12-22(18)29/h4-13H,14H2,1-3H3,(H,30,32,34)/b21-11+. The lowest BCUT2D eigenvalue weighted by atomic mass is 10.0. The number of benzene rings is 3. The Balaban J connectivity index is 1.71. The summed E-state index contributed by atoms with van der Waals surface area (Å²) in [4.78, 5) is 39.7. The van der Waals surface area contributed by atoms with Gasteiger partial charge < -0.3 is 9.47 Å². The Bertz CT molecular complexity index is 1420. The molecular formula is C27H22Cl2N2O5. The van der Waals surface area contributed by atoms with Crippen molar-refractivity contribution in [3.05, 3.63) is 92.5 Å². The van der Waals surface area contributed by atoms with Crippen molar-refractivity contribution in [2.75, 3.05) is 12.0 Å². The van der Waals surface area contributed by atoms with Gasteiger partial charge in [-0.05, 0) is 61.4 Å². The van der Waals surface area contributed by atoms with E-state index in [1.807, 2.05) is 19.9 Å². The number of anilines is 1. The molecule has 0 spiro atoms. The minimum Gasteiger partial charge on any atom is -0.497 e. The van der Waals surface area contributed by atoms with Crippen LogP contribution in [0, 0.1) is 13.8 Å². The van der Waals surface area contributed by atoms with Crippen LogP contribution in [-0.2, 0) is 16.2 Å². The SMILES string of the molecule is COc1ccc(/C=C2\C(=O)NC(=O)N(c3cccc(C)c3C)C2=O)c(OCc2ccc(Cl)cc2Cl)c1. The van der Waals surface area contributed by atoms with Crippen molar-refractivity contribution in [1.82, 2.24) is 5.32 Å². The average molecular weight is 525 g/mol. The number of carbonyl (C=O) groups excluding carboxylic acids is 3. The summed E-state index contributed by atoms with van der Waals surface area (Å²) in [6.07, 6.45) is 1.39. The number of nitrogens with zero attached hydrogens (tertiary/aromatic N) is 1. The molecule has 0 aliphatic carbocycles. The molecule has 1 heterocycles. The first kappa shape index (κ1) is 25.3. The summed E-state index contributed by atoms with van der Waals surface area (Å²) in [6.45, 7) is 3.79. The number of ether oxygens (including phenoxy) is 2. The lowest BCUT2D eigenvalue weighted by molar-refractivity contribution is -0.122. The van der Waals surface area contributed by atoms with Crippen LogP contribution in [0.25, 0.3) is 6.08 Å². The molecule has 9 heteroatoms. The predicted molar refractivity (Wildman–Crippen MR) is 139 cm³/mol. The maximum absolute atomic E-state index is 13.4. The summed E-state index contributed by atoms with van der Waals surface area (Å²) >= 11 is 12.2. The van der Waals surface area contributed by atoms with E-state index in [4.69, 9.17) is 32.7 Å². The van der Waals surface area contributed by atoms with E-state index in [2.05, 4.69) is 5.32 Å². The number of hydrogen-bond donors (Lipinski definition) is 1. The highest BCUT2D eigenvalue weighted by atomic mass is 35.5. The highest BCUT2D eigenvalue weighted by Gasteiger charge is 2.37. The van der Waals surface area contributed by atoms with Crippen molar-refractivity contribution < 1.29 is 23.9 Å². The van der Waals surface area contributed by atoms with Gasteiger partial charge in [0.2, 0.25) is 0 Å². The molecule has 3 aromatic rings. The topological polar surface area (TPSA) is 84.9 Å². The summed E-state index contributed by atoms with van der Waals surface area (Å²) in [5.41, 5.74) is 2.98. The number of halogens is 2. The first-order valence-corrected chi connectivity index (χ1v) is 11.7. The van der Waals surface area contributed by atoms with E-state index in [9.17, 15) is 14.4 Å². The molecule has 0 atom stereocenters. The summed E-state index contributed by atoms with van der Waals surface area (Å²) in [5, 5.41) is 3.19. The van der Waals surface area contributed by atoms with Crippen LogP contribution in [0.15, 0.2) is 60.2 Å². The molecule has 1 N–H and O–H groups in total. The molecule has 36 heavy (non-hydrogen) atoms. The zero-order valence-corrected chi connectivity index (χ0v) is 21.2. The third-order valence-corrected chi connectivity index (χ3v) is 6.42. The Morgan fingerprint density at radius 2 is 1.78 bits per heavy atom. The van der Waals surface area contributed by atoms with Gasteiger partial charge in [-0.1, -0.05) is 41.4 Å². The van der Waals surface area contributed by atoms with Crippen molar-refractivity contribution in [2.45, 2.75) is 20.5 Å². The number of hydrogen-bond acceptors (Lipinski definition) is 5. The van der Waals surface area contributed by atoms with E-state index in [-0.39, 0.29) is 12.2 Å². The Kier molecular flexibility index (Phi) is 7.33. The monoisotopic (exact) mass is 524 g/mol. The van der Waals surface area contributed by atoms with E-state index < -0.39 is 17.8 Å². The first-order chi connectivity index (χ1) is 17.2. The Labute approximate surface area is 218 Å².